The van der Waals surface area contributed by atoms with Crippen molar-refractivity contribution in [2.75, 3.05) is 14.2 Å². The highest BCUT2D eigenvalue weighted by molar-refractivity contribution is 5.85. The summed E-state index contributed by atoms with van der Waals surface area (Å²) < 4.78 is 10.2. The number of hydrogen-bond acceptors (Lipinski definition) is 3. The molecule has 0 amide bonds. The Morgan fingerprint density at radius 3 is 2.00 bits per heavy atom. The molecule has 0 aliphatic carbocycles. The molecule has 84 valence electrons. The Bertz CT molecular complexity index is 306. The average Bonchev–Trinajstić information content (AvgIpc) is 2.27. The highest BCUT2D eigenvalue weighted by Gasteiger charge is 2.05. The highest BCUT2D eigenvalue weighted by atomic mass is 35.5. The van der Waals surface area contributed by atoms with Crippen molar-refractivity contribution >= 4 is 12.4 Å². The molecule has 0 unspecified atom stereocenters. The highest BCUT2D eigenvalue weighted by Crippen LogP contribution is 2.25. The van der Waals surface area contributed by atoms with Crippen LogP contribution >= 0.6 is 12.4 Å². The van der Waals surface area contributed by atoms with Crippen molar-refractivity contribution in [2.45, 2.75) is 6.04 Å². The van der Waals surface area contributed by atoms with Gasteiger partial charge in [0.25, 0.3) is 0 Å². The molecule has 0 aliphatic rings. The first-order valence-electron chi connectivity index (χ1n) is 4.32. The monoisotopic (exact) mass is 229 g/mol. The van der Waals surface area contributed by atoms with E-state index < -0.39 is 0 Å². The van der Waals surface area contributed by atoms with Gasteiger partial charge in [0.05, 0.1) is 14.2 Å². The maximum absolute atomic E-state index is 5.81. The average molecular weight is 230 g/mol. The van der Waals surface area contributed by atoms with E-state index in [1.807, 2.05) is 12.1 Å². The predicted molar refractivity (Wildman–Crippen MR) is 63.9 cm³/mol. The number of nitrogens with two attached hydrogens (primary N) is 1. The molecule has 0 bridgehead atoms. The first kappa shape index (κ1) is 13.8. The maximum Gasteiger partial charge on any atom is 0.122 e. The van der Waals surface area contributed by atoms with Crippen molar-refractivity contribution in [1.29, 1.82) is 0 Å². The molecule has 0 fully saturated rings. The molecule has 0 spiro atoms. The Hall–Kier alpha value is -1.19. The van der Waals surface area contributed by atoms with Crippen LogP contribution in [0.3, 0.4) is 0 Å². The third kappa shape index (κ3) is 3.46. The lowest BCUT2D eigenvalue weighted by molar-refractivity contribution is 0.393. The predicted octanol–water partition coefficient (Wildman–Crippen LogP) is 2.31. The lowest BCUT2D eigenvalue weighted by Gasteiger charge is -2.11. The summed E-state index contributed by atoms with van der Waals surface area (Å²) in [6.45, 7) is 3.64. The molecule has 15 heavy (non-hydrogen) atoms. The van der Waals surface area contributed by atoms with Gasteiger partial charge >= 0.3 is 0 Å². The first-order chi connectivity index (χ1) is 6.71. The Morgan fingerprint density at radius 1 is 1.20 bits per heavy atom. The van der Waals surface area contributed by atoms with Crippen molar-refractivity contribution in [1.82, 2.24) is 0 Å². The molecular formula is C11H16ClNO2. The SMILES string of the molecule is C=C[C@H](N)c1cc(OC)cc(OC)c1.Cl. The van der Waals surface area contributed by atoms with Crippen LogP contribution in [-0.4, -0.2) is 14.2 Å². The van der Waals surface area contributed by atoms with Crippen LogP contribution in [0.1, 0.15) is 11.6 Å². The van der Waals surface area contributed by atoms with Gasteiger partial charge in [-0.2, -0.15) is 0 Å². The summed E-state index contributed by atoms with van der Waals surface area (Å²) in [7, 11) is 3.22. The molecule has 0 heterocycles. The zero-order valence-electron chi connectivity index (χ0n) is 8.90. The topological polar surface area (TPSA) is 44.5 Å². The summed E-state index contributed by atoms with van der Waals surface area (Å²) in [5.74, 6) is 1.47. The molecule has 1 rings (SSSR count). The Balaban J connectivity index is 0.00000196. The van der Waals surface area contributed by atoms with E-state index in [-0.39, 0.29) is 18.4 Å². The van der Waals surface area contributed by atoms with Gasteiger partial charge < -0.3 is 15.2 Å². The van der Waals surface area contributed by atoms with Crippen molar-refractivity contribution in [3.63, 3.8) is 0 Å². The molecule has 1 atom stereocenters. The van der Waals surface area contributed by atoms with Crippen molar-refractivity contribution in [3.05, 3.63) is 36.4 Å². The second-order valence-electron chi connectivity index (χ2n) is 2.91. The van der Waals surface area contributed by atoms with E-state index in [0.29, 0.717) is 0 Å². The standard InChI is InChI=1S/C11H15NO2.ClH/c1-4-11(12)8-5-9(13-2)7-10(6-8)14-3;/h4-7,11H,1,12H2,2-3H3;1H/t11-;/m0./s1. The van der Waals surface area contributed by atoms with E-state index in [9.17, 15) is 0 Å². The van der Waals surface area contributed by atoms with Gasteiger partial charge in [-0.15, -0.1) is 19.0 Å². The van der Waals surface area contributed by atoms with Gasteiger partial charge in [-0.05, 0) is 17.7 Å². The summed E-state index contributed by atoms with van der Waals surface area (Å²) in [4.78, 5) is 0. The van der Waals surface area contributed by atoms with Crippen LogP contribution < -0.4 is 15.2 Å². The fourth-order valence-electron chi connectivity index (χ4n) is 1.16. The van der Waals surface area contributed by atoms with E-state index in [2.05, 4.69) is 6.58 Å². The number of benzene rings is 1. The summed E-state index contributed by atoms with van der Waals surface area (Å²) in [6, 6.07) is 5.35. The van der Waals surface area contributed by atoms with Crippen LogP contribution in [0.2, 0.25) is 0 Å². The molecule has 3 nitrogen and oxygen atoms in total. The summed E-state index contributed by atoms with van der Waals surface area (Å²) in [5, 5.41) is 0. The van der Waals surface area contributed by atoms with Gasteiger partial charge in [0, 0.05) is 12.1 Å². The summed E-state index contributed by atoms with van der Waals surface area (Å²) in [5.41, 5.74) is 6.74. The lowest BCUT2D eigenvalue weighted by atomic mass is 10.1. The van der Waals surface area contributed by atoms with Crippen LogP contribution in [-0.2, 0) is 0 Å². The minimum Gasteiger partial charge on any atom is -0.497 e. The first-order valence-corrected chi connectivity index (χ1v) is 4.32. The Morgan fingerprint density at radius 2 is 1.67 bits per heavy atom. The number of rotatable bonds is 4. The number of hydrogen-bond donors (Lipinski definition) is 1. The normalized spacial score (nSPS) is 11.1. The van der Waals surface area contributed by atoms with Gasteiger partial charge in [-0.25, -0.2) is 0 Å². The fraction of sp³-hybridized carbons (Fsp3) is 0.273. The van der Waals surface area contributed by atoms with Crippen LogP contribution in [0.25, 0.3) is 0 Å². The van der Waals surface area contributed by atoms with E-state index >= 15 is 0 Å². The van der Waals surface area contributed by atoms with Crippen molar-refractivity contribution in [3.8, 4) is 11.5 Å². The molecule has 4 heteroatoms. The molecule has 0 aliphatic heterocycles. The molecule has 0 saturated heterocycles. The molecule has 1 aromatic rings. The van der Waals surface area contributed by atoms with Gasteiger partial charge in [-0.3, -0.25) is 0 Å². The van der Waals surface area contributed by atoms with Gasteiger partial charge in [-0.1, -0.05) is 6.08 Å². The number of ether oxygens (including phenoxy) is 2. The van der Waals surface area contributed by atoms with Gasteiger partial charge in [0.2, 0.25) is 0 Å². The fourth-order valence-corrected chi connectivity index (χ4v) is 1.16. The molecule has 0 aromatic heterocycles. The summed E-state index contributed by atoms with van der Waals surface area (Å²) >= 11 is 0. The zero-order chi connectivity index (χ0) is 10.6. The third-order valence-corrected chi connectivity index (χ3v) is 2.01. The Labute approximate surface area is 96.3 Å². The molecule has 0 radical (unpaired) electrons. The minimum absolute atomic E-state index is 0. The van der Waals surface area contributed by atoms with Crippen molar-refractivity contribution < 1.29 is 9.47 Å². The molecule has 2 N–H and O–H groups in total. The molecule has 1 aromatic carbocycles. The molecule has 0 saturated carbocycles. The quantitative estimate of drug-likeness (QED) is 0.806. The van der Waals surface area contributed by atoms with E-state index in [1.54, 1.807) is 26.4 Å². The lowest BCUT2D eigenvalue weighted by Crippen LogP contribution is -2.06. The zero-order valence-corrected chi connectivity index (χ0v) is 9.71. The van der Waals surface area contributed by atoms with Crippen LogP contribution in [0, 0.1) is 0 Å². The summed E-state index contributed by atoms with van der Waals surface area (Å²) in [6.07, 6.45) is 1.67. The minimum atomic E-state index is -0.195. The van der Waals surface area contributed by atoms with Crippen LogP contribution in [0.4, 0.5) is 0 Å². The van der Waals surface area contributed by atoms with E-state index in [0.717, 1.165) is 17.1 Å². The number of halogens is 1. The maximum atomic E-state index is 5.81. The Kier molecular flexibility index (Phi) is 5.82. The third-order valence-electron chi connectivity index (χ3n) is 2.01. The van der Waals surface area contributed by atoms with Gasteiger partial charge in [0.1, 0.15) is 11.5 Å². The largest absolute Gasteiger partial charge is 0.497 e. The smallest absolute Gasteiger partial charge is 0.122 e. The number of methoxy groups -OCH3 is 2. The van der Waals surface area contributed by atoms with Crippen LogP contribution in [0.5, 0.6) is 11.5 Å². The van der Waals surface area contributed by atoms with E-state index in [4.69, 9.17) is 15.2 Å². The second kappa shape index (κ2) is 6.32. The molecular weight excluding hydrogens is 214 g/mol. The van der Waals surface area contributed by atoms with Crippen LogP contribution in [0.15, 0.2) is 30.9 Å². The van der Waals surface area contributed by atoms with Gasteiger partial charge in [0.15, 0.2) is 0 Å². The second-order valence-corrected chi connectivity index (χ2v) is 2.91. The van der Waals surface area contributed by atoms with E-state index in [1.165, 1.54) is 0 Å². The van der Waals surface area contributed by atoms with Crippen molar-refractivity contribution in [2.24, 2.45) is 5.73 Å².